The molecule has 9 heteroatoms. The highest BCUT2D eigenvalue weighted by molar-refractivity contribution is 5.85. The van der Waals surface area contributed by atoms with Crippen molar-refractivity contribution in [1.82, 2.24) is 19.9 Å². The Bertz CT molecular complexity index is 611. The van der Waals surface area contributed by atoms with Crippen LogP contribution in [0.15, 0.2) is 12.7 Å². The molecule has 0 radical (unpaired) electrons. The number of hydrogen-bond acceptors (Lipinski definition) is 6. The minimum absolute atomic E-state index is 0.0513. The summed E-state index contributed by atoms with van der Waals surface area (Å²) in [5.74, 6) is -1.92. The van der Waals surface area contributed by atoms with Crippen LogP contribution in [0, 0.1) is 0 Å². The van der Waals surface area contributed by atoms with Gasteiger partial charge in [-0.1, -0.05) is 0 Å². The SMILES string of the molecule is O=C(O)CC[C@H](Nc1ncnc2nc[nH]c12)C(=O)O. The van der Waals surface area contributed by atoms with Gasteiger partial charge in [0, 0.05) is 6.42 Å². The van der Waals surface area contributed by atoms with Crippen LogP contribution in [0.5, 0.6) is 0 Å². The van der Waals surface area contributed by atoms with E-state index in [0.717, 1.165) is 0 Å². The second kappa shape index (κ2) is 5.29. The van der Waals surface area contributed by atoms with Gasteiger partial charge in [0.15, 0.2) is 11.5 Å². The third-order valence-electron chi connectivity index (χ3n) is 2.48. The lowest BCUT2D eigenvalue weighted by Crippen LogP contribution is -2.30. The summed E-state index contributed by atoms with van der Waals surface area (Å²) in [6.45, 7) is 0. The maximum Gasteiger partial charge on any atom is 0.326 e. The highest BCUT2D eigenvalue weighted by atomic mass is 16.4. The van der Waals surface area contributed by atoms with Gasteiger partial charge in [-0.2, -0.15) is 0 Å². The number of aromatic amines is 1. The molecule has 0 saturated carbocycles. The summed E-state index contributed by atoms with van der Waals surface area (Å²) in [6, 6.07) is -1.04. The molecule has 0 aliphatic carbocycles. The van der Waals surface area contributed by atoms with Crippen molar-refractivity contribution in [1.29, 1.82) is 0 Å². The van der Waals surface area contributed by atoms with Gasteiger partial charge in [0.05, 0.1) is 6.33 Å². The zero-order valence-corrected chi connectivity index (χ0v) is 9.70. The number of fused-ring (bicyclic) bond motifs is 1. The molecule has 0 amide bonds. The molecule has 19 heavy (non-hydrogen) atoms. The smallest absolute Gasteiger partial charge is 0.326 e. The minimum Gasteiger partial charge on any atom is -0.481 e. The van der Waals surface area contributed by atoms with Crippen molar-refractivity contribution in [2.24, 2.45) is 0 Å². The summed E-state index contributed by atoms with van der Waals surface area (Å²) in [5.41, 5.74) is 0.879. The van der Waals surface area contributed by atoms with Crippen molar-refractivity contribution < 1.29 is 19.8 Å². The summed E-state index contributed by atoms with van der Waals surface area (Å²) >= 11 is 0. The molecular formula is C10H11N5O4. The number of nitrogens with one attached hydrogen (secondary N) is 2. The topological polar surface area (TPSA) is 141 Å². The van der Waals surface area contributed by atoms with Gasteiger partial charge in [-0.25, -0.2) is 19.7 Å². The van der Waals surface area contributed by atoms with Crippen LogP contribution < -0.4 is 5.32 Å². The Morgan fingerprint density at radius 2 is 2.11 bits per heavy atom. The van der Waals surface area contributed by atoms with Crippen molar-refractivity contribution in [2.75, 3.05) is 5.32 Å². The van der Waals surface area contributed by atoms with E-state index in [0.29, 0.717) is 11.2 Å². The van der Waals surface area contributed by atoms with Gasteiger partial charge in [0.25, 0.3) is 0 Å². The first-order valence-electron chi connectivity index (χ1n) is 5.43. The van der Waals surface area contributed by atoms with Gasteiger partial charge < -0.3 is 20.5 Å². The number of nitrogens with zero attached hydrogens (tertiary/aromatic N) is 3. The molecule has 2 heterocycles. The average Bonchev–Trinajstić information content (AvgIpc) is 2.82. The number of aromatic nitrogens is 4. The highest BCUT2D eigenvalue weighted by Gasteiger charge is 2.20. The van der Waals surface area contributed by atoms with E-state index in [9.17, 15) is 9.59 Å². The molecule has 100 valence electrons. The third-order valence-corrected chi connectivity index (χ3v) is 2.48. The van der Waals surface area contributed by atoms with E-state index < -0.39 is 18.0 Å². The van der Waals surface area contributed by atoms with E-state index in [-0.39, 0.29) is 18.7 Å². The molecule has 2 aromatic rings. The number of aliphatic carboxylic acids is 2. The number of imidazole rings is 1. The Morgan fingerprint density at radius 3 is 2.79 bits per heavy atom. The fourth-order valence-electron chi connectivity index (χ4n) is 1.56. The predicted molar refractivity (Wildman–Crippen MR) is 63.6 cm³/mol. The first-order valence-corrected chi connectivity index (χ1v) is 5.43. The first kappa shape index (κ1) is 12.7. The number of hydrogen-bond donors (Lipinski definition) is 4. The Hall–Kier alpha value is -2.71. The van der Waals surface area contributed by atoms with Crippen LogP contribution in [-0.2, 0) is 9.59 Å². The number of anilines is 1. The van der Waals surface area contributed by atoms with Crippen LogP contribution in [0.25, 0.3) is 11.2 Å². The molecule has 0 fully saturated rings. The lowest BCUT2D eigenvalue weighted by molar-refractivity contribution is -0.139. The van der Waals surface area contributed by atoms with Crippen molar-refractivity contribution in [3.05, 3.63) is 12.7 Å². The van der Waals surface area contributed by atoms with Crippen LogP contribution >= 0.6 is 0 Å². The molecule has 1 atom stereocenters. The number of carbonyl (C=O) groups is 2. The fourth-order valence-corrected chi connectivity index (χ4v) is 1.56. The zero-order valence-electron chi connectivity index (χ0n) is 9.70. The minimum atomic E-state index is -1.15. The quantitative estimate of drug-likeness (QED) is 0.575. The summed E-state index contributed by atoms with van der Waals surface area (Å²) in [7, 11) is 0. The van der Waals surface area contributed by atoms with E-state index in [1.807, 2.05) is 0 Å². The van der Waals surface area contributed by atoms with Gasteiger partial charge in [-0.3, -0.25) is 4.79 Å². The predicted octanol–water partition coefficient (Wildman–Crippen LogP) is 0.0828. The van der Waals surface area contributed by atoms with E-state index >= 15 is 0 Å². The van der Waals surface area contributed by atoms with Crippen molar-refractivity contribution >= 4 is 28.9 Å². The Kier molecular flexibility index (Phi) is 3.55. The lowest BCUT2D eigenvalue weighted by atomic mass is 10.1. The van der Waals surface area contributed by atoms with Crippen LogP contribution in [0.1, 0.15) is 12.8 Å². The Morgan fingerprint density at radius 1 is 1.32 bits per heavy atom. The molecule has 9 nitrogen and oxygen atoms in total. The number of H-pyrrole nitrogens is 1. The average molecular weight is 265 g/mol. The Balaban J connectivity index is 2.18. The zero-order chi connectivity index (χ0) is 13.8. The summed E-state index contributed by atoms with van der Waals surface area (Å²) < 4.78 is 0. The first-order chi connectivity index (χ1) is 9.08. The molecule has 0 saturated heterocycles. The van der Waals surface area contributed by atoms with Crippen molar-refractivity contribution in [2.45, 2.75) is 18.9 Å². The van der Waals surface area contributed by atoms with Crippen LogP contribution in [0.2, 0.25) is 0 Å². The molecule has 0 aliphatic rings. The van der Waals surface area contributed by atoms with Crippen LogP contribution in [-0.4, -0.2) is 48.1 Å². The van der Waals surface area contributed by atoms with Gasteiger partial charge in [0.2, 0.25) is 0 Å². The monoisotopic (exact) mass is 265 g/mol. The highest BCUT2D eigenvalue weighted by Crippen LogP contribution is 2.16. The maximum absolute atomic E-state index is 11.1. The van der Waals surface area contributed by atoms with E-state index in [4.69, 9.17) is 10.2 Å². The maximum atomic E-state index is 11.1. The summed E-state index contributed by atoms with van der Waals surface area (Å²) in [6.07, 6.45) is 2.37. The Labute approximate surface area is 106 Å². The second-order valence-corrected chi connectivity index (χ2v) is 3.79. The lowest BCUT2D eigenvalue weighted by Gasteiger charge is -2.14. The number of rotatable bonds is 6. The summed E-state index contributed by atoms with van der Waals surface area (Å²) in [5, 5.41) is 20.3. The molecule has 0 spiro atoms. The molecule has 2 rings (SSSR count). The molecular weight excluding hydrogens is 254 g/mol. The van der Waals surface area contributed by atoms with E-state index in [1.54, 1.807) is 0 Å². The standard InChI is InChI=1S/C10H11N5O4/c16-6(17)2-1-5(10(18)19)15-9-7-8(12-3-11-7)13-4-14-9/h3-5H,1-2H2,(H,16,17)(H,18,19)(H2,11,12,13,14,15)/t5-/m0/s1. The van der Waals surface area contributed by atoms with Crippen molar-refractivity contribution in [3.63, 3.8) is 0 Å². The number of carboxylic acid groups (broad SMARTS) is 2. The van der Waals surface area contributed by atoms with Gasteiger partial charge in [-0.15, -0.1) is 0 Å². The second-order valence-electron chi connectivity index (χ2n) is 3.79. The molecule has 0 bridgehead atoms. The molecule has 4 N–H and O–H groups in total. The van der Waals surface area contributed by atoms with Crippen LogP contribution in [0.4, 0.5) is 5.82 Å². The summed E-state index contributed by atoms with van der Waals surface area (Å²) in [4.78, 5) is 36.1. The normalized spacial score (nSPS) is 12.2. The van der Waals surface area contributed by atoms with E-state index in [1.165, 1.54) is 12.7 Å². The van der Waals surface area contributed by atoms with Gasteiger partial charge in [0.1, 0.15) is 17.9 Å². The van der Waals surface area contributed by atoms with Crippen molar-refractivity contribution in [3.8, 4) is 0 Å². The molecule has 0 aliphatic heterocycles. The fraction of sp³-hybridized carbons (Fsp3) is 0.300. The van der Waals surface area contributed by atoms with Gasteiger partial charge in [-0.05, 0) is 6.42 Å². The largest absolute Gasteiger partial charge is 0.481 e. The van der Waals surface area contributed by atoms with Gasteiger partial charge >= 0.3 is 11.9 Å². The molecule has 0 aromatic carbocycles. The number of carboxylic acids is 2. The van der Waals surface area contributed by atoms with Crippen LogP contribution in [0.3, 0.4) is 0 Å². The van der Waals surface area contributed by atoms with E-state index in [2.05, 4.69) is 25.3 Å². The third kappa shape index (κ3) is 2.94. The molecule has 2 aromatic heterocycles. The molecule has 0 unspecified atom stereocenters.